The second-order valence-electron chi connectivity index (χ2n) is 6.64. The van der Waals surface area contributed by atoms with Crippen LogP contribution in [0.1, 0.15) is 44.1 Å². The molecule has 1 saturated carbocycles. The molecule has 1 aromatic rings. The van der Waals surface area contributed by atoms with Crippen molar-refractivity contribution in [3.63, 3.8) is 0 Å². The molecular weight excluding hydrogens is 353 g/mol. The van der Waals surface area contributed by atoms with E-state index in [2.05, 4.69) is 5.48 Å². The van der Waals surface area contributed by atoms with Crippen molar-refractivity contribution >= 4 is 10.8 Å². The van der Waals surface area contributed by atoms with Gasteiger partial charge in [0.1, 0.15) is 0 Å². The lowest BCUT2D eigenvalue weighted by molar-refractivity contribution is -0.209. The zero-order valence-corrected chi connectivity index (χ0v) is 14.7. The first-order valence-corrected chi connectivity index (χ1v) is 9.90. The van der Waals surface area contributed by atoms with Crippen LogP contribution in [0.5, 0.6) is 0 Å². The van der Waals surface area contributed by atoms with E-state index in [1.165, 1.54) is 12.1 Å². The predicted octanol–water partition coefficient (Wildman–Crippen LogP) is 3.66. The first-order chi connectivity index (χ1) is 11.9. The Morgan fingerprint density at radius 1 is 1.04 bits per heavy atom. The molecule has 1 aliphatic carbocycles. The number of hydrogen-bond acceptors (Lipinski definition) is 4. The lowest BCUT2D eigenvalue weighted by Crippen LogP contribution is -2.39. The number of hydrogen-bond donors (Lipinski definition) is 1. The van der Waals surface area contributed by atoms with Gasteiger partial charge in [-0.1, -0.05) is 0 Å². The van der Waals surface area contributed by atoms with Crippen LogP contribution in [0.2, 0.25) is 0 Å². The number of nitrogens with zero attached hydrogens (tertiary/aromatic N) is 1. The monoisotopic (exact) mass is 376 g/mol. The summed E-state index contributed by atoms with van der Waals surface area (Å²) in [5, 5.41) is 1.91. The highest BCUT2D eigenvalue weighted by atomic mass is 32.2. The summed E-state index contributed by atoms with van der Waals surface area (Å²) >= 11 is 0. The molecule has 0 spiro atoms. The van der Waals surface area contributed by atoms with Crippen LogP contribution in [0.3, 0.4) is 0 Å². The fraction of sp³-hybridized carbons (Fsp3) is 0.647. The second kappa shape index (κ2) is 8.16. The van der Waals surface area contributed by atoms with Gasteiger partial charge in [0.05, 0.1) is 16.4 Å². The smallest absolute Gasteiger partial charge is 0.254 e. The predicted molar refractivity (Wildman–Crippen MR) is 88.9 cm³/mol. The van der Waals surface area contributed by atoms with Crippen LogP contribution >= 0.6 is 0 Å². The maximum Gasteiger partial charge on any atom is 0.416 e. The lowest BCUT2D eigenvalue weighted by atomic mass is 9.96. The van der Waals surface area contributed by atoms with Gasteiger partial charge in [0, 0.05) is 29.3 Å². The van der Waals surface area contributed by atoms with E-state index < -0.39 is 22.5 Å². The molecule has 0 aromatic heterocycles. The van der Waals surface area contributed by atoms with Gasteiger partial charge in [-0.3, -0.25) is 4.21 Å². The van der Waals surface area contributed by atoms with Crippen LogP contribution in [0.15, 0.2) is 29.2 Å². The minimum atomic E-state index is -4.36. The number of benzene rings is 1. The van der Waals surface area contributed by atoms with Crippen molar-refractivity contribution in [3.05, 3.63) is 29.8 Å². The third-order valence-corrected chi connectivity index (χ3v) is 6.62. The zero-order valence-electron chi connectivity index (χ0n) is 13.9. The topological polar surface area (TPSA) is 41.6 Å². The first-order valence-electron chi connectivity index (χ1n) is 8.69. The summed E-state index contributed by atoms with van der Waals surface area (Å²) < 4.78 is 50.4. The first kappa shape index (κ1) is 18.8. The van der Waals surface area contributed by atoms with E-state index in [0.717, 1.165) is 63.7 Å². The summed E-state index contributed by atoms with van der Waals surface area (Å²) in [7, 11) is -1.27. The van der Waals surface area contributed by atoms with E-state index in [4.69, 9.17) is 4.94 Å². The summed E-state index contributed by atoms with van der Waals surface area (Å²) in [5.41, 5.74) is 2.38. The Morgan fingerprint density at radius 3 is 2.20 bits per heavy atom. The Morgan fingerprint density at radius 2 is 1.64 bits per heavy atom. The van der Waals surface area contributed by atoms with Crippen molar-refractivity contribution in [2.24, 2.45) is 0 Å². The van der Waals surface area contributed by atoms with Crippen LogP contribution in [0.25, 0.3) is 0 Å². The number of nitrogens with one attached hydrogen (secondary N) is 1. The van der Waals surface area contributed by atoms with E-state index in [9.17, 15) is 17.4 Å². The quantitative estimate of drug-likeness (QED) is 0.797. The Hall–Kier alpha value is -0.960. The molecule has 1 aliphatic heterocycles. The lowest BCUT2D eigenvalue weighted by Gasteiger charge is -2.29. The fourth-order valence-electron chi connectivity index (χ4n) is 3.29. The molecule has 1 atom stereocenters. The second-order valence-corrected chi connectivity index (χ2v) is 8.37. The van der Waals surface area contributed by atoms with Gasteiger partial charge in [-0.15, -0.1) is 0 Å². The third kappa shape index (κ3) is 5.03. The normalized spacial score (nSPS) is 26.7. The van der Waals surface area contributed by atoms with E-state index in [1.54, 1.807) is 0 Å². The van der Waals surface area contributed by atoms with E-state index in [0.29, 0.717) is 4.90 Å². The van der Waals surface area contributed by atoms with Crippen molar-refractivity contribution in [2.45, 2.75) is 60.9 Å². The molecule has 0 amide bonds. The largest absolute Gasteiger partial charge is 0.416 e. The molecule has 4 nitrogen and oxygen atoms in total. The molecule has 2 aliphatic rings. The van der Waals surface area contributed by atoms with Crippen LogP contribution < -0.4 is 5.48 Å². The summed E-state index contributed by atoms with van der Waals surface area (Å²) in [6, 6.07) is 4.91. The van der Waals surface area contributed by atoms with E-state index >= 15 is 0 Å². The van der Waals surface area contributed by atoms with Crippen molar-refractivity contribution in [1.29, 1.82) is 0 Å². The number of halogens is 3. The van der Waals surface area contributed by atoms with Gasteiger partial charge in [-0.25, -0.2) is 4.94 Å². The van der Waals surface area contributed by atoms with Crippen molar-refractivity contribution < 1.29 is 22.3 Å². The van der Waals surface area contributed by atoms with Crippen LogP contribution in [0, 0.1) is 0 Å². The molecule has 0 bridgehead atoms. The summed E-state index contributed by atoms with van der Waals surface area (Å²) in [4.78, 5) is 6.04. The molecule has 0 radical (unpaired) electrons. The molecule has 1 heterocycles. The van der Waals surface area contributed by atoms with E-state index in [-0.39, 0.29) is 11.3 Å². The molecule has 1 aromatic carbocycles. The van der Waals surface area contributed by atoms with Gasteiger partial charge in [-0.05, 0) is 62.8 Å². The molecular formula is C17H23F3N2O2S. The Bertz CT molecular complexity index is 581. The van der Waals surface area contributed by atoms with Crippen molar-refractivity contribution in [3.8, 4) is 0 Å². The molecule has 1 unspecified atom stereocenters. The minimum absolute atomic E-state index is 0.0124. The van der Waals surface area contributed by atoms with Crippen molar-refractivity contribution in [1.82, 2.24) is 10.5 Å². The minimum Gasteiger partial charge on any atom is -0.254 e. The van der Waals surface area contributed by atoms with Crippen LogP contribution in [-0.4, -0.2) is 33.7 Å². The molecule has 3 rings (SSSR count). The average Bonchev–Trinajstić information content (AvgIpc) is 3.13. The van der Waals surface area contributed by atoms with Gasteiger partial charge in [-0.2, -0.15) is 23.7 Å². The van der Waals surface area contributed by atoms with Gasteiger partial charge in [0.25, 0.3) is 0 Å². The third-order valence-electron chi connectivity index (χ3n) is 4.80. The molecule has 25 heavy (non-hydrogen) atoms. The van der Waals surface area contributed by atoms with Gasteiger partial charge >= 0.3 is 6.18 Å². The fourth-order valence-corrected chi connectivity index (χ4v) is 4.78. The Kier molecular flexibility index (Phi) is 6.14. The standard InChI is InChI=1S/C17H23F3N2O2S/c18-17(19,20)13-3-7-15(8-4-13)25(23)16-9-5-14(6-10-16)21-24-22-11-1-2-12-22/h3-4,7-8,14,16,21H,1-2,5-6,9-12H2. The Labute approximate surface area is 148 Å². The summed E-state index contributed by atoms with van der Waals surface area (Å²) in [5.74, 6) is 0. The molecule has 8 heteroatoms. The summed E-state index contributed by atoms with van der Waals surface area (Å²) in [6.45, 7) is 1.89. The van der Waals surface area contributed by atoms with Gasteiger partial charge in [0.2, 0.25) is 0 Å². The number of rotatable bonds is 5. The molecule has 1 N–H and O–H groups in total. The highest BCUT2D eigenvalue weighted by Gasteiger charge is 2.31. The highest BCUT2D eigenvalue weighted by Crippen LogP contribution is 2.31. The van der Waals surface area contributed by atoms with Gasteiger partial charge in [0.15, 0.2) is 0 Å². The summed E-state index contributed by atoms with van der Waals surface area (Å²) in [6.07, 6.45) is 1.19. The number of alkyl halides is 3. The van der Waals surface area contributed by atoms with E-state index in [1.807, 2.05) is 5.06 Å². The molecule has 1 saturated heterocycles. The Balaban J connectivity index is 1.47. The van der Waals surface area contributed by atoms with Crippen molar-refractivity contribution in [2.75, 3.05) is 13.1 Å². The maximum atomic E-state index is 12.6. The maximum absolute atomic E-state index is 12.6. The zero-order chi connectivity index (χ0) is 17.9. The van der Waals surface area contributed by atoms with Crippen LogP contribution in [-0.2, 0) is 21.9 Å². The molecule has 140 valence electrons. The average molecular weight is 376 g/mol. The highest BCUT2D eigenvalue weighted by molar-refractivity contribution is 7.85. The molecule has 2 fully saturated rings. The van der Waals surface area contributed by atoms with Crippen LogP contribution in [0.4, 0.5) is 13.2 Å². The SMILES string of the molecule is O=S(c1ccc(C(F)(F)F)cc1)C1CCC(NON2CCCC2)CC1. The van der Waals surface area contributed by atoms with Gasteiger partial charge < -0.3 is 0 Å². The number of hydroxylamine groups is 3.